The Hall–Kier alpha value is -0.800. The van der Waals surface area contributed by atoms with E-state index in [1.165, 1.54) is 43.9 Å². The van der Waals surface area contributed by atoms with Gasteiger partial charge in [-0.05, 0) is 53.4 Å². The van der Waals surface area contributed by atoms with Crippen molar-refractivity contribution < 1.29 is 4.42 Å². The lowest BCUT2D eigenvalue weighted by atomic mass is 9.90. The Morgan fingerprint density at radius 3 is 2.67 bits per heavy atom. The molecule has 3 heteroatoms. The molecule has 0 amide bonds. The van der Waals surface area contributed by atoms with E-state index < -0.39 is 0 Å². The number of hydrogen-bond acceptors (Lipinski definition) is 2. The maximum Gasteiger partial charge on any atom is 0.148 e. The third-order valence-electron chi connectivity index (χ3n) is 4.62. The quantitative estimate of drug-likeness (QED) is 0.703. The first-order chi connectivity index (χ1) is 10.3. The number of para-hydroxylation sites is 1. The van der Waals surface area contributed by atoms with Crippen LogP contribution < -0.4 is 5.32 Å². The van der Waals surface area contributed by atoms with Crippen molar-refractivity contribution in [1.82, 2.24) is 5.32 Å². The smallest absolute Gasteiger partial charge is 0.148 e. The standard InChI is InChI=1S/C18H24BrNO/c1-2-20-17(13-8-5-3-4-6-9-13)16-12-14-10-7-11-15(19)18(14)21-16/h7,10-13,17,20H,2-6,8-9H2,1H3. The van der Waals surface area contributed by atoms with Gasteiger partial charge in [0.05, 0.1) is 10.5 Å². The summed E-state index contributed by atoms with van der Waals surface area (Å²) in [5.74, 6) is 1.80. The lowest BCUT2D eigenvalue weighted by Crippen LogP contribution is -2.27. The van der Waals surface area contributed by atoms with Crippen LogP contribution >= 0.6 is 15.9 Å². The van der Waals surface area contributed by atoms with Gasteiger partial charge in [-0.25, -0.2) is 0 Å². The molecule has 1 atom stereocenters. The maximum absolute atomic E-state index is 6.20. The van der Waals surface area contributed by atoms with Crippen LogP contribution in [0, 0.1) is 5.92 Å². The molecule has 3 rings (SSSR count). The second-order valence-electron chi connectivity index (χ2n) is 6.09. The lowest BCUT2D eigenvalue weighted by molar-refractivity contribution is 0.292. The summed E-state index contributed by atoms with van der Waals surface area (Å²) in [7, 11) is 0. The van der Waals surface area contributed by atoms with Crippen LogP contribution in [0.4, 0.5) is 0 Å². The van der Waals surface area contributed by atoms with E-state index in [1.807, 2.05) is 6.07 Å². The van der Waals surface area contributed by atoms with Crippen molar-refractivity contribution in [2.45, 2.75) is 51.5 Å². The minimum atomic E-state index is 0.354. The first kappa shape index (κ1) is 15.1. The first-order valence-electron chi connectivity index (χ1n) is 8.21. The zero-order valence-corrected chi connectivity index (χ0v) is 14.3. The molecule has 21 heavy (non-hydrogen) atoms. The molecule has 114 valence electrons. The van der Waals surface area contributed by atoms with E-state index in [0.29, 0.717) is 12.0 Å². The SMILES string of the molecule is CCNC(c1cc2cccc(Br)c2o1)C1CCCCCC1. The molecule has 1 heterocycles. The van der Waals surface area contributed by atoms with Gasteiger partial charge < -0.3 is 9.73 Å². The number of furan rings is 1. The van der Waals surface area contributed by atoms with Gasteiger partial charge in [0.15, 0.2) is 0 Å². The Morgan fingerprint density at radius 1 is 1.24 bits per heavy atom. The van der Waals surface area contributed by atoms with Crippen molar-refractivity contribution in [3.05, 3.63) is 34.5 Å². The van der Waals surface area contributed by atoms with Gasteiger partial charge in [-0.2, -0.15) is 0 Å². The second-order valence-corrected chi connectivity index (χ2v) is 6.95. The highest BCUT2D eigenvalue weighted by Crippen LogP contribution is 2.37. The highest BCUT2D eigenvalue weighted by molar-refractivity contribution is 9.10. The van der Waals surface area contributed by atoms with E-state index in [2.05, 4.69) is 46.4 Å². The molecule has 1 saturated carbocycles. The number of rotatable bonds is 4. The van der Waals surface area contributed by atoms with Crippen LogP contribution in [-0.4, -0.2) is 6.54 Å². The van der Waals surface area contributed by atoms with Crippen molar-refractivity contribution >= 4 is 26.9 Å². The molecular formula is C18H24BrNO. The number of nitrogens with one attached hydrogen (secondary N) is 1. The summed E-state index contributed by atoms with van der Waals surface area (Å²) in [5, 5.41) is 4.86. The van der Waals surface area contributed by atoms with Crippen LogP contribution in [0.25, 0.3) is 11.0 Å². The Kier molecular flexibility index (Phi) is 5.02. The van der Waals surface area contributed by atoms with Crippen LogP contribution in [-0.2, 0) is 0 Å². The molecule has 2 nitrogen and oxygen atoms in total. The van der Waals surface area contributed by atoms with Crippen molar-refractivity contribution in [3.63, 3.8) is 0 Å². The molecule has 1 aromatic carbocycles. The molecule has 1 aliphatic rings. The number of hydrogen-bond donors (Lipinski definition) is 1. The Balaban J connectivity index is 1.92. The minimum absolute atomic E-state index is 0.354. The van der Waals surface area contributed by atoms with Gasteiger partial charge >= 0.3 is 0 Å². The average molecular weight is 350 g/mol. The molecule has 2 aromatic rings. The molecule has 0 saturated heterocycles. The van der Waals surface area contributed by atoms with Crippen LogP contribution in [0.1, 0.15) is 57.3 Å². The third kappa shape index (κ3) is 3.35. The molecule has 0 aliphatic heterocycles. The predicted octanol–water partition coefficient (Wildman–Crippen LogP) is 5.82. The summed E-state index contributed by atoms with van der Waals surface area (Å²) in [6.07, 6.45) is 8.13. The topological polar surface area (TPSA) is 25.2 Å². The fraction of sp³-hybridized carbons (Fsp3) is 0.556. The molecule has 0 spiro atoms. The number of halogens is 1. The van der Waals surface area contributed by atoms with Gasteiger partial charge in [0.2, 0.25) is 0 Å². The lowest BCUT2D eigenvalue weighted by Gasteiger charge is -2.25. The van der Waals surface area contributed by atoms with Crippen LogP contribution in [0.2, 0.25) is 0 Å². The molecule has 1 aliphatic carbocycles. The van der Waals surface area contributed by atoms with Gasteiger partial charge in [0, 0.05) is 5.39 Å². The Morgan fingerprint density at radius 2 is 2.00 bits per heavy atom. The maximum atomic E-state index is 6.20. The summed E-state index contributed by atoms with van der Waals surface area (Å²) in [6.45, 7) is 3.17. The van der Waals surface area contributed by atoms with Crippen LogP contribution in [0.3, 0.4) is 0 Å². The number of benzene rings is 1. The van der Waals surface area contributed by atoms with Gasteiger partial charge in [-0.1, -0.05) is 44.7 Å². The van der Waals surface area contributed by atoms with Gasteiger partial charge in [-0.3, -0.25) is 0 Å². The zero-order chi connectivity index (χ0) is 14.7. The molecule has 1 N–H and O–H groups in total. The van der Waals surface area contributed by atoms with E-state index >= 15 is 0 Å². The average Bonchev–Trinajstić information content (AvgIpc) is 2.74. The van der Waals surface area contributed by atoms with Crippen LogP contribution in [0.5, 0.6) is 0 Å². The summed E-state index contributed by atoms with van der Waals surface area (Å²) >= 11 is 3.59. The second kappa shape index (κ2) is 6.97. The summed E-state index contributed by atoms with van der Waals surface area (Å²) in [5.41, 5.74) is 0.976. The molecule has 1 fully saturated rings. The summed E-state index contributed by atoms with van der Waals surface area (Å²) in [6, 6.07) is 8.82. The van der Waals surface area contributed by atoms with E-state index in [4.69, 9.17) is 4.42 Å². The summed E-state index contributed by atoms with van der Waals surface area (Å²) in [4.78, 5) is 0. The highest BCUT2D eigenvalue weighted by Gasteiger charge is 2.26. The van der Waals surface area contributed by atoms with E-state index in [0.717, 1.165) is 22.4 Å². The van der Waals surface area contributed by atoms with Crippen LogP contribution in [0.15, 0.2) is 33.2 Å². The molecule has 0 radical (unpaired) electrons. The largest absolute Gasteiger partial charge is 0.458 e. The van der Waals surface area contributed by atoms with Gasteiger partial charge in [0.1, 0.15) is 11.3 Å². The van der Waals surface area contributed by atoms with Crippen molar-refractivity contribution in [2.24, 2.45) is 5.92 Å². The van der Waals surface area contributed by atoms with Crippen molar-refractivity contribution in [1.29, 1.82) is 0 Å². The molecule has 0 bridgehead atoms. The normalized spacial score (nSPS) is 18.8. The van der Waals surface area contributed by atoms with E-state index in [1.54, 1.807) is 0 Å². The van der Waals surface area contributed by atoms with Gasteiger partial charge in [-0.15, -0.1) is 0 Å². The monoisotopic (exact) mass is 349 g/mol. The van der Waals surface area contributed by atoms with Crippen molar-refractivity contribution in [2.75, 3.05) is 6.54 Å². The molecular weight excluding hydrogens is 326 g/mol. The predicted molar refractivity (Wildman–Crippen MR) is 91.5 cm³/mol. The highest BCUT2D eigenvalue weighted by atomic mass is 79.9. The molecule has 1 aromatic heterocycles. The number of fused-ring (bicyclic) bond motifs is 1. The Bertz CT molecular complexity index is 584. The fourth-order valence-corrected chi connectivity index (χ4v) is 4.03. The first-order valence-corrected chi connectivity index (χ1v) is 9.00. The Labute approximate surface area is 135 Å². The zero-order valence-electron chi connectivity index (χ0n) is 12.7. The van der Waals surface area contributed by atoms with E-state index in [-0.39, 0.29) is 0 Å². The summed E-state index contributed by atoms with van der Waals surface area (Å²) < 4.78 is 7.24. The third-order valence-corrected chi connectivity index (χ3v) is 5.24. The fourth-order valence-electron chi connectivity index (χ4n) is 3.56. The van der Waals surface area contributed by atoms with Gasteiger partial charge in [0.25, 0.3) is 0 Å². The van der Waals surface area contributed by atoms with E-state index in [9.17, 15) is 0 Å². The molecule has 1 unspecified atom stereocenters. The van der Waals surface area contributed by atoms with Crippen molar-refractivity contribution in [3.8, 4) is 0 Å². The minimum Gasteiger partial charge on any atom is -0.458 e.